The highest BCUT2D eigenvalue weighted by Gasteiger charge is 2.26. The van der Waals surface area contributed by atoms with E-state index in [-0.39, 0.29) is 6.54 Å². The number of hydrogen-bond acceptors (Lipinski definition) is 4. The molecule has 1 saturated heterocycles. The Hall–Kier alpha value is -1.12. The number of H-pyrrole nitrogens is 1. The number of nitrogens with zero attached hydrogens (tertiary/aromatic N) is 2. The van der Waals surface area contributed by atoms with Crippen LogP contribution in [0.4, 0.5) is 5.82 Å². The first-order valence-corrected chi connectivity index (χ1v) is 7.45. The highest BCUT2D eigenvalue weighted by Crippen LogP contribution is 2.18. The molecule has 1 atom stereocenters. The molecule has 1 unspecified atom stereocenters. The third kappa shape index (κ3) is 3.01. The second kappa shape index (κ2) is 5.25. The predicted octanol–water partition coefficient (Wildman–Crippen LogP) is 0.0582. The molecule has 1 aromatic heterocycles. The van der Waals surface area contributed by atoms with Gasteiger partial charge in [-0.2, -0.15) is 22.5 Å². The average molecular weight is 273 g/mol. The maximum atomic E-state index is 12.1. The summed E-state index contributed by atoms with van der Waals surface area (Å²) in [4.78, 5) is 0. The lowest BCUT2D eigenvalue weighted by atomic mass is 10.0. The van der Waals surface area contributed by atoms with E-state index in [1.54, 1.807) is 0 Å². The second-order valence-electron chi connectivity index (χ2n) is 4.74. The van der Waals surface area contributed by atoms with Crippen molar-refractivity contribution < 1.29 is 8.42 Å². The van der Waals surface area contributed by atoms with Gasteiger partial charge in [-0.05, 0) is 18.8 Å². The Labute approximate surface area is 107 Å². The van der Waals surface area contributed by atoms with Crippen LogP contribution >= 0.6 is 0 Å². The Balaban J connectivity index is 1.97. The predicted molar refractivity (Wildman–Crippen MR) is 68.7 cm³/mol. The molecule has 2 heterocycles. The van der Waals surface area contributed by atoms with Gasteiger partial charge in [0.1, 0.15) is 5.82 Å². The van der Waals surface area contributed by atoms with E-state index < -0.39 is 10.2 Å². The number of hydrogen-bond donors (Lipinski definition) is 3. The highest BCUT2D eigenvalue weighted by molar-refractivity contribution is 7.87. The van der Waals surface area contributed by atoms with Gasteiger partial charge in [0.25, 0.3) is 10.2 Å². The van der Waals surface area contributed by atoms with Crippen LogP contribution in [0.3, 0.4) is 0 Å². The zero-order valence-corrected chi connectivity index (χ0v) is 11.2. The molecule has 0 saturated carbocycles. The van der Waals surface area contributed by atoms with Crippen molar-refractivity contribution in [2.24, 2.45) is 5.92 Å². The Bertz CT molecular complexity index is 498. The van der Waals surface area contributed by atoms with Crippen molar-refractivity contribution in [1.82, 2.24) is 19.2 Å². The van der Waals surface area contributed by atoms with Crippen LogP contribution < -0.4 is 10.5 Å². The Morgan fingerprint density at radius 1 is 1.67 bits per heavy atom. The van der Waals surface area contributed by atoms with Crippen LogP contribution in [0.2, 0.25) is 0 Å². The first-order valence-electron chi connectivity index (χ1n) is 6.01. The molecule has 18 heavy (non-hydrogen) atoms. The molecule has 1 aromatic rings. The van der Waals surface area contributed by atoms with Gasteiger partial charge in [0, 0.05) is 25.2 Å². The van der Waals surface area contributed by atoms with E-state index >= 15 is 0 Å². The van der Waals surface area contributed by atoms with Gasteiger partial charge in [0.2, 0.25) is 0 Å². The Kier molecular flexibility index (Phi) is 3.88. The van der Waals surface area contributed by atoms with Gasteiger partial charge in [-0.15, -0.1) is 0 Å². The van der Waals surface area contributed by atoms with Gasteiger partial charge in [-0.1, -0.05) is 6.92 Å². The van der Waals surface area contributed by atoms with Crippen LogP contribution in [0, 0.1) is 5.92 Å². The molecule has 1 aliphatic heterocycles. The summed E-state index contributed by atoms with van der Waals surface area (Å²) in [6.07, 6.45) is 3.52. The molecular weight excluding hydrogens is 254 g/mol. The molecule has 0 aromatic carbocycles. The van der Waals surface area contributed by atoms with Crippen molar-refractivity contribution in [3.8, 4) is 0 Å². The number of anilines is 1. The fraction of sp³-hybridized carbons (Fsp3) is 0.700. The third-order valence-electron chi connectivity index (χ3n) is 3.16. The minimum absolute atomic E-state index is 0.162. The molecule has 2 rings (SSSR count). The normalized spacial score (nSPS) is 22.2. The molecule has 4 N–H and O–H groups in total. The topological polar surface area (TPSA) is 104 Å². The van der Waals surface area contributed by atoms with Crippen molar-refractivity contribution in [1.29, 1.82) is 0 Å². The van der Waals surface area contributed by atoms with E-state index in [9.17, 15) is 8.42 Å². The molecule has 1 fully saturated rings. The zero-order chi connectivity index (χ0) is 13.2. The average Bonchev–Trinajstić information content (AvgIpc) is 2.72. The molecule has 0 aliphatic carbocycles. The largest absolute Gasteiger partial charge is 0.384 e. The molecule has 0 bridgehead atoms. The van der Waals surface area contributed by atoms with Crippen molar-refractivity contribution >= 4 is 16.0 Å². The molecule has 0 amide bonds. The van der Waals surface area contributed by atoms with E-state index in [1.165, 1.54) is 10.5 Å². The maximum absolute atomic E-state index is 12.1. The minimum Gasteiger partial charge on any atom is -0.384 e. The fourth-order valence-electron chi connectivity index (χ4n) is 2.09. The lowest BCUT2D eigenvalue weighted by molar-refractivity contribution is 0.278. The Morgan fingerprint density at radius 2 is 2.44 bits per heavy atom. The number of rotatable bonds is 4. The molecule has 1 aliphatic rings. The van der Waals surface area contributed by atoms with E-state index in [2.05, 4.69) is 21.8 Å². The van der Waals surface area contributed by atoms with Crippen LogP contribution in [0.5, 0.6) is 0 Å². The molecule has 102 valence electrons. The van der Waals surface area contributed by atoms with E-state index in [0.717, 1.165) is 12.8 Å². The lowest BCUT2D eigenvalue weighted by Gasteiger charge is -2.29. The van der Waals surface area contributed by atoms with E-state index in [1.807, 2.05) is 0 Å². The SMILES string of the molecule is CC1CCCN(S(=O)(=O)NCc2cn[nH]c2N)C1. The van der Waals surface area contributed by atoms with Gasteiger partial charge < -0.3 is 5.73 Å². The van der Waals surface area contributed by atoms with Crippen molar-refractivity contribution in [3.63, 3.8) is 0 Å². The molecule has 0 radical (unpaired) electrons. The monoisotopic (exact) mass is 273 g/mol. The van der Waals surface area contributed by atoms with Crippen molar-refractivity contribution in [3.05, 3.63) is 11.8 Å². The van der Waals surface area contributed by atoms with Gasteiger partial charge in [0.15, 0.2) is 0 Å². The maximum Gasteiger partial charge on any atom is 0.279 e. The fourth-order valence-corrected chi connectivity index (χ4v) is 3.43. The summed E-state index contributed by atoms with van der Waals surface area (Å²) in [6, 6.07) is 0. The minimum atomic E-state index is -3.42. The summed E-state index contributed by atoms with van der Waals surface area (Å²) in [7, 11) is -3.42. The van der Waals surface area contributed by atoms with Gasteiger partial charge in [-0.3, -0.25) is 5.10 Å². The Morgan fingerprint density at radius 3 is 3.06 bits per heavy atom. The van der Waals surface area contributed by atoms with Crippen LogP contribution in [-0.2, 0) is 16.8 Å². The first-order chi connectivity index (χ1) is 8.49. The summed E-state index contributed by atoms with van der Waals surface area (Å²) in [5, 5.41) is 6.32. The van der Waals surface area contributed by atoms with Crippen LogP contribution in [0.1, 0.15) is 25.3 Å². The number of nitrogens with two attached hydrogens (primary N) is 1. The zero-order valence-electron chi connectivity index (χ0n) is 10.4. The first kappa shape index (κ1) is 13.3. The summed E-state index contributed by atoms with van der Waals surface area (Å²) >= 11 is 0. The quantitative estimate of drug-likeness (QED) is 0.721. The number of aromatic nitrogens is 2. The molecule has 7 nitrogen and oxygen atoms in total. The summed E-state index contributed by atoms with van der Waals surface area (Å²) < 4.78 is 28.2. The summed E-state index contributed by atoms with van der Waals surface area (Å²) in [5.41, 5.74) is 6.26. The number of aromatic amines is 1. The third-order valence-corrected chi connectivity index (χ3v) is 4.68. The standard InChI is InChI=1S/C10H19N5O2S/c1-8-3-2-4-15(7-8)18(16,17)13-6-9-5-12-14-10(9)11/h5,8,13H,2-4,6-7H2,1H3,(H3,11,12,14). The lowest BCUT2D eigenvalue weighted by Crippen LogP contribution is -2.45. The summed E-state index contributed by atoms with van der Waals surface area (Å²) in [6.45, 7) is 3.39. The van der Waals surface area contributed by atoms with Crippen LogP contribution in [0.15, 0.2) is 6.20 Å². The van der Waals surface area contributed by atoms with Crippen LogP contribution in [0.25, 0.3) is 0 Å². The number of piperidine rings is 1. The smallest absolute Gasteiger partial charge is 0.279 e. The molecular formula is C10H19N5O2S. The number of nitrogen functional groups attached to an aromatic ring is 1. The van der Waals surface area contributed by atoms with Crippen LogP contribution in [-0.4, -0.2) is 36.0 Å². The summed E-state index contributed by atoms with van der Waals surface area (Å²) in [5.74, 6) is 0.805. The van der Waals surface area contributed by atoms with E-state index in [0.29, 0.717) is 30.4 Å². The molecule has 0 spiro atoms. The van der Waals surface area contributed by atoms with Gasteiger partial charge in [0.05, 0.1) is 6.20 Å². The van der Waals surface area contributed by atoms with Gasteiger partial charge >= 0.3 is 0 Å². The van der Waals surface area contributed by atoms with Crippen molar-refractivity contribution in [2.45, 2.75) is 26.3 Å². The van der Waals surface area contributed by atoms with E-state index in [4.69, 9.17) is 5.73 Å². The van der Waals surface area contributed by atoms with Gasteiger partial charge in [-0.25, -0.2) is 0 Å². The highest BCUT2D eigenvalue weighted by atomic mass is 32.2. The second-order valence-corrected chi connectivity index (χ2v) is 6.50. The number of nitrogens with one attached hydrogen (secondary N) is 2. The van der Waals surface area contributed by atoms with Crippen molar-refractivity contribution in [2.75, 3.05) is 18.8 Å². The molecule has 8 heteroatoms.